The number of carbonyl (C=O) groups excluding carboxylic acids is 1. The van der Waals surface area contributed by atoms with Gasteiger partial charge < -0.3 is 24.1 Å². The van der Waals surface area contributed by atoms with Gasteiger partial charge in [-0.05, 0) is 24.3 Å². The fourth-order valence-electron chi connectivity index (χ4n) is 3.86. The molecule has 28 heavy (non-hydrogen) atoms. The lowest BCUT2D eigenvalue weighted by Crippen LogP contribution is -2.39. The highest BCUT2D eigenvalue weighted by molar-refractivity contribution is 5.91. The summed E-state index contributed by atoms with van der Waals surface area (Å²) in [5, 5.41) is 3.08. The maximum atomic E-state index is 12.7. The van der Waals surface area contributed by atoms with Gasteiger partial charge in [0.2, 0.25) is 5.95 Å². The number of nitrogens with one attached hydrogen (secondary N) is 1. The van der Waals surface area contributed by atoms with E-state index in [-0.39, 0.29) is 23.1 Å². The summed E-state index contributed by atoms with van der Waals surface area (Å²) >= 11 is 0. The molecule has 1 N–H and O–H groups in total. The van der Waals surface area contributed by atoms with Gasteiger partial charge in [-0.2, -0.15) is 0 Å². The summed E-state index contributed by atoms with van der Waals surface area (Å²) in [5.41, 5.74) is 1.99. The van der Waals surface area contributed by atoms with E-state index in [1.807, 2.05) is 6.20 Å². The highest BCUT2D eigenvalue weighted by Crippen LogP contribution is 2.40. The van der Waals surface area contributed by atoms with Crippen LogP contribution in [0.1, 0.15) is 48.1 Å². The van der Waals surface area contributed by atoms with E-state index in [2.05, 4.69) is 29.0 Å². The molecule has 1 saturated heterocycles. The first-order valence-electron chi connectivity index (χ1n) is 9.58. The van der Waals surface area contributed by atoms with E-state index in [0.717, 1.165) is 43.1 Å². The lowest BCUT2D eigenvalue weighted by atomic mass is 9.74. The molecule has 2 aromatic rings. The van der Waals surface area contributed by atoms with Crippen molar-refractivity contribution in [3.05, 3.63) is 35.3 Å². The summed E-state index contributed by atoms with van der Waals surface area (Å²) in [6, 6.07) is 3.08. The normalized spacial score (nSPS) is 21.1. The second kappa shape index (κ2) is 7.43. The molecular formula is C20H26N4O4. The van der Waals surface area contributed by atoms with Crippen molar-refractivity contribution in [2.45, 2.75) is 32.7 Å². The minimum absolute atomic E-state index is 0.0163. The monoisotopic (exact) mass is 386 g/mol. The molecule has 0 aromatic carbocycles. The van der Waals surface area contributed by atoms with Crippen LogP contribution in [0.4, 0.5) is 5.95 Å². The van der Waals surface area contributed by atoms with Crippen LogP contribution in [0.5, 0.6) is 5.95 Å². The van der Waals surface area contributed by atoms with Crippen molar-refractivity contribution in [1.29, 1.82) is 0 Å². The summed E-state index contributed by atoms with van der Waals surface area (Å²) in [6.07, 6.45) is 3.52. The van der Waals surface area contributed by atoms with Crippen molar-refractivity contribution in [1.82, 2.24) is 15.3 Å². The molecule has 2 aromatic heterocycles. The maximum Gasteiger partial charge on any atom is 0.287 e. The number of ether oxygens (including phenoxy) is 2. The SMILES string of the molecule is COc1ccc(C(=O)N[C@@H]2CC(C)(C)Cc3nc(N4CCOCC4)ncc32)o1. The standard InChI is InChI=1S/C20H26N4O4/c1-20(2)10-14(22-18(25)16-4-5-17(26-3)28-16)13-12-21-19(23-15(13)11-20)24-6-8-27-9-7-24/h4-5,12,14H,6-11H2,1-3H3,(H,22,25)/t14-/m1/s1. The molecule has 0 saturated carbocycles. The van der Waals surface area contributed by atoms with Crippen LogP contribution in [0.15, 0.2) is 22.7 Å². The van der Waals surface area contributed by atoms with Gasteiger partial charge in [0.15, 0.2) is 5.76 Å². The molecule has 0 spiro atoms. The van der Waals surface area contributed by atoms with Crippen molar-refractivity contribution in [2.75, 3.05) is 38.3 Å². The van der Waals surface area contributed by atoms with Gasteiger partial charge in [-0.1, -0.05) is 13.8 Å². The van der Waals surface area contributed by atoms with Gasteiger partial charge in [0.1, 0.15) is 0 Å². The average Bonchev–Trinajstić information content (AvgIpc) is 3.17. The summed E-state index contributed by atoms with van der Waals surface area (Å²) < 4.78 is 15.8. The number of hydrogen-bond donors (Lipinski definition) is 1. The molecule has 1 aliphatic carbocycles. The molecule has 2 aliphatic rings. The highest BCUT2D eigenvalue weighted by atomic mass is 16.6. The van der Waals surface area contributed by atoms with E-state index in [9.17, 15) is 4.79 Å². The van der Waals surface area contributed by atoms with Gasteiger partial charge in [0.25, 0.3) is 11.9 Å². The minimum Gasteiger partial charge on any atom is -0.468 e. The Morgan fingerprint density at radius 3 is 2.82 bits per heavy atom. The molecule has 0 unspecified atom stereocenters. The molecule has 1 aliphatic heterocycles. The van der Waals surface area contributed by atoms with Crippen LogP contribution < -0.4 is 15.0 Å². The number of morpholine rings is 1. The van der Waals surface area contributed by atoms with Gasteiger partial charge in [-0.3, -0.25) is 4.79 Å². The van der Waals surface area contributed by atoms with Gasteiger partial charge in [0, 0.05) is 30.9 Å². The largest absolute Gasteiger partial charge is 0.468 e. The van der Waals surface area contributed by atoms with Crippen molar-refractivity contribution < 1.29 is 18.7 Å². The van der Waals surface area contributed by atoms with Gasteiger partial charge in [0.05, 0.1) is 32.1 Å². The summed E-state index contributed by atoms with van der Waals surface area (Å²) in [5.74, 6) is 1.01. The van der Waals surface area contributed by atoms with Crippen molar-refractivity contribution >= 4 is 11.9 Å². The summed E-state index contributed by atoms with van der Waals surface area (Å²) in [6.45, 7) is 7.36. The average molecular weight is 386 g/mol. The van der Waals surface area contributed by atoms with Gasteiger partial charge in [-0.25, -0.2) is 9.97 Å². The van der Waals surface area contributed by atoms with E-state index in [1.165, 1.54) is 7.11 Å². The number of methoxy groups -OCH3 is 1. The smallest absolute Gasteiger partial charge is 0.287 e. The Labute approximate surface area is 164 Å². The first-order valence-corrected chi connectivity index (χ1v) is 9.58. The molecule has 8 nitrogen and oxygen atoms in total. The molecule has 4 rings (SSSR count). The van der Waals surface area contributed by atoms with Crippen molar-refractivity contribution in [2.24, 2.45) is 5.41 Å². The fourth-order valence-corrected chi connectivity index (χ4v) is 3.86. The van der Waals surface area contributed by atoms with Crippen LogP contribution in [-0.4, -0.2) is 49.3 Å². The van der Waals surface area contributed by atoms with E-state index in [4.69, 9.17) is 18.9 Å². The molecule has 1 amide bonds. The van der Waals surface area contributed by atoms with Crippen molar-refractivity contribution in [3.63, 3.8) is 0 Å². The zero-order valence-electron chi connectivity index (χ0n) is 16.5. The number of hydrogen-bond acceptors (Lipinski definition) is 7. The summed E-state index contributed by atoms with van der Waals surface area (Å²) in [7, 11) is 1.50. The summed E-state index contributed by atoms with van der Waals surface area (Å²) in [4.78, 5) is 24.2. The Hall–Kier alpha value is -2.61. The first kappa shape index (κ1) is 18.7. The quantitative estimate of drug-likeness (QED) is 0.863. The third kappa shape index (κ3) is 3.82. The maximum absolute atomic E-state index is 12.7. The molecule has 1 atom stereocenters. The Morgan fingerprint density at radius 1 is 1.32 bits per heavy atom. The lowest BCUT2D eigenvalue weighted by molar-refractivity contribution is 0.0884. The second-order valence-corrected chi connectivity index (χ2v) is 8.07. The van der Waals surface area contributed by atoms with Crippen LogP contribution in [0.3, 0.4) is 0 Å². The van der Waals surface area contributed by atoms with Crippen molar-refractivity contribution in [3.8, 4) is 5.95 Å². The molecule has 8 heteroatoms. The van der Waals surface area contributed by atoms with Crippen LogP contribution in [-0.2, 0) is 11.2 Å². The van der Waals surface area contributed by atoms with E-state index in [1.54, 1.807) is 12.1 Å². The zero-order valence-corrected chi connectivity index (χ0v) is 16.5. The molecule has 0 bridgehead atoms. The molecular weight excluding hydrogens is 360 g/mol. The van der Waals surface area contributed by atoms with E-state index < -0.39 is 0 Å². The fraction of sp³-hybridized carbons (Fsp3) is 0.550. The lowest BCUT2D eigenvalue weighted by Gasteiger charge is -2.37. The van der Waals surface area contributed by atoms with Crippen LogP contribution >= 0.6 is 0 Å². The van der Waals surface area contributed by atoms with E-state index >= 15 is 0 Å². The Balaban J connectivity index is 1.58. The predicted octanol–water partition coefficient (Wildman–Crippen LogP) is 2.36. The van der Waals surface area contributed by atoms with E-state index in [0.29, 0.717) is 19.2 Å². The third-order valence-electron chi connectivity index (χ3n) is 5.27. The Bertz CT molecular complexity index is 858. The first-order chi connectivity index (χ1) is 13.4. The van der Waals surface area contributed by atoms with Crippen LogP contribution in [0.2, 0.25) is 0 Å². The Kier molecular flexibility index (Phi) is 4.97. The van der Waals surface area contributed by atoms with Gasteiger partial charge in [-0.15, -0.1) is 0 Å². The predicted molar refractivity (Wildman–Crippen MR) is 103 cm³/mol. The molecule has 3 heterocycles. The molecule has 0 radical (unpaired) electrons. The number of carbonyl (C=O) groups is 1. The topological polar surface area (TPSA) is 89.7 Å². The van der Waals surface area contributed by atoms with Crippen LogP contribution in [0.25, 0.3) is 0 Å². The third-order valence-corrected chi connectivity index (χ3v) is 5.27. The minimum atomic E-state index is -0.269. The molecule has 150 valence electrons. The number of nitrogens with zero attached hydrogens (tertiary/aromatic N) is 3. The number of anilines is 1. The highest BCUT2D eigenvalue weighted by Gasteiger charge is 2.35. The number of rotatable bonds is 4. The number of amides is 1. The number of aromatic nitrogens is 2. The number of fused-ring (bicyclic) bond motifs is 1. The van der Waals surface area contributed by atoms with Gasteiger partial charge >= 0.3 is 0 Å². The molecule has 1 fully saturated rings. The van der Waals surface area contributed by atoms with Crippen LogP contribution in [0, 0.1) is 5.41 Å². The second-order valence-electron chi connectivity index (χ2n) is 8.07. The zero-order chi connectivity index (χ0) is 19.7. The number of furan rings is 1. The Morgan fingerprint density at radius 2 is 2.11 bits per heavy atom.